The van der Waals surface area contributed by atoms with E-state index in [1.54, 1.807) is 35.2 Å². The fourth-order valence-corrected chi connectivity index (χ4v) is 4.40. The lowest BCUT2D eigenvalue weighted by Gasteiger charge is -2.29. The Kier molecular flexibility index (Phi) is 5.97. The number of nitrogens with one attached hydrogen (secondary N) is 1. The van der Waals surface area contributed by atoms with E-state index in [9.17, 15) is 9.59 Å². The Balaban J connectivity index is 1.41. The van der Waals surface area contributed by atoms with Crippen LogP contribution in [0, 0.1) is 5.92 Å². The van der Waals surface area contributed by atoms with Gasteiger partial charge in [-0.1, -0.05) is 23.2 Å². The minimum Gasteiger partial charge on any atom is -0.370 e. The summed E-state index contributed by atoms with van der Waals surface area (Å²) in [5, 5.41) is 4.16. The minimum absolute atomic E-state index is 0.0639. The average Bonchev–Trinajstić information content (AvgIpc) is 3.11. The molecular formula is C22H23Cl2N3O2. The summed E-state index contributed by atoms with van der Waals surface area (Å²) < 4.78 is 0. The summed E-state index contributed by atoms with van der Waals surface area (Å²) in [7, 11) is 0. The fourth-order valence-electron chi connectivity index (χ4n) is 3.97. The van der Waals surface area contributed by atoms with E-state index < -0.39 is 5.92 Å². The number of nitrogens with zero attached hydrogens (tertiary/aromatic N) is 2. The molecule has 0 radical (unpaired) electrons. The number of piperidine rings is 1. The van der Waals surface area contributed by atoms with Crippen LogP contribution in [-0.2, 0) is 9.59 Å². The molecule has 2 aromatic carbocycles. The summed E-state index contributed by atoms with van der Waals surface area (Å²) in [4.78, 5) is 29.0. The highest BCUT2D eigenvalue weighted by molar-refractivity contribution is 6.33. The van der Waals surface area contributed by atoms with Crippen LogP contribution in [0.3, 0.4) is 0 Å². The third kappa shape index (κ3) is 4.51. The molecule has 2 aromatic rings. The van der Waals surface area contributed by atoms with E-state index in [-0.39, 0.29) is 18.2 Å². The number of benzene rings is 2. The van der Waals surface area contributed by atoms with Crippen LogP contribution in [0.5, 0.6) is 0 Å². The van der Waals surface area contributed by atoms with E-state index in [4.69, 9.17) is 23.2 Å². The van der Waals surface area contributed by atoms with Crippen molar-refractivity contribution in [2.75, 3.05) is 34.8 Å². The molecule has 0 aliphatic carbocycles. The van der Waals surface area contributed by atoms with Gasteiger partial charge >= 0.3 is 0 Å². The number of rotatable bonds is 4. The van der Waals surface area contributed by atoms with Gasteiger partial charge in [0.25, 0.3) is 0 Å². The summed E-state index contributed by atoms with van der Waals surface area (Å²) >= 11 is 12.4. The summed E-state index contributed by atoms with van der Waals surface area (Å²) in [6.45, 7) is 2.37. The first-order chi connectivity index (χ1) is 14.0. The van der Waals surface area contributed by atoms with Crippen molar-refractivity contribution in [3.05, 3.63) is 52.5 Å². The van der Waals surface area contributed by atoms with Crippen LogP contribution in [0.25, 0.3) is 0 Å². The maximum absolute atomic E-state index is 12.7. The van der Waals surface area contributed by atoms with Crippen molar-refractivity contribution in [3.8, 4) is 0 Å². The van der Waals surface area contributed by atoms with Crippen molar-refractivity contribution in [2.45, 2.75) is 25.7 Å². The smallest absolute Gasteiger partial charge is 0.229 e. The lowest BCUT2D eigenvalue weighted by Crippen LogP contribution is -2.29. The van der Waals surface area contributed by atoms with Gasteiger partial charge in [0.2, 0.25) is 11.8 Å². The van der Waals surface area contributed by atoms with Crippen molar-refractivity contribution in [2.24, 2.45) is 5.92 Å². The molecule has 2 saturated heterocycles. The Labute approximate surface area is 180 Å². The molecular weight excluding hydrogens is 409 g/mol. The molecule has 0 aromatic heterocycles. The van der Waals surface area contributed by atoms with Gasteiger partial charge in [-0.25, -0.2) is 0 Å². The second-order valence-electron chi connectivity index (χ2n) is 7.58. The highest BCUT2D eigenvalue weighted by Gasteiger charge is 2.35. The number of hydrogen-bond donors (Lipinski definition) is 1. The SMILES string of the molecule is O=C(Nc1ccc(N2CCCCC2)c(Cl)c1)C1CC(=O)N(c2ccc(Cl)cc2)C1. The lowest BCUT2D eigenvalue weighted by molar-refractivity contribution is -0.122. The zero-order valence-electron chi connectivity index (χ0n) is 16.0. The van der Waals surface area contributed by atoms with E-state index in [0.717, 1.165) is 24.5 Å². The van der Waals surface area contributed by atoms with Gasteiger partial charge < -0.3 is 15.1 Å². The molecule has 2 amide bonds. The van der Waals surface area contributed by atoms with Crippen LogP contribution in [0.4, 0.5) is 17.1 Å². The van der Waals surface area contributed by atoms with Crippen LogP contribution in [0.2, 0.25) is 10.0 Å². The normalized spacial score (nSPS) is 19.5. The van der Waals surface area contributed by atoms with Gasteiger partial charge in [0, 0.05) is 42.5 Å². The molecule has 7 heteroatoms. The van der Waals surface area contributed by atoms with Crippen molar-refractivity contribution < 1.29 is 9.59 Å². The van der Waals surface area contributed by atoms with Gasteiger partial charge in [0.15, 0.2) is 0 Å². The molecule has 2 heterocycles. The minimum atomic E-state index is -0.404. The van der Waals surface area contributed by atoms with E-state index in [2.05, 4.69) is 10.2 Å². The molecule has 5 nitrogen and oxygen atoms in total. The van der Waals surface area contributed by atoms with Crippen molar-refractivity contribution >= 4 is 52.1 Å². The van der Waals surface area contributed by atoms with E-state index in [0.29, 0.717) is 22.3 Å². The van der Waals surface area contributed by atoms with Crippen molar-refractivity contribution in [1.29, 1.82) is 0 Å². The maximum atomic E-state index is 12.7. The monoisotopic (exact) mass is 431 g/mol. The molecule has 152 valence electrons. The molecule has 1 unspecified atom stereocenters. The zero-order valence-corrected chi connectivity index (χ0v) is 17.5. The first kappa shape index (κ1) is 20.0. The predicted molar refractivity (Wildman–Crippen MR) is 118 cm³/mol. The quantitative estimate of drug-likeness (QED) is 0.742. The van der Waals surface area contributed by atoms with Gasteiger partial charge in [0.1, 0.15) is 0 Å². The summed E-state index contributed by atoms with van der Waals surface area (Å²) in [6, 6.07) is 12.7. The van der Waals surface area contributed by atoms with E-state index >= 15 is 0 Å². The van der Waals surface area contributed by atoms with Gasteiger partial charge in [0.05, 0.1) is 16.6 Å². The third-order valence-electron chi connectivity index (χ3n) is 5.55. The van der Waals surface area contributed by atoms with Gasteiger partial charge in [-0.05, 0) is 61.7 Å². The van der Waals surface area contributed by atoms with E-state index in [1.165, 1.54) is 19.3 Å². The molecule has 1 atom stereocenters. The average molecular weight is 432 g/mol. The van der Waals surface area contributed by atoms with Gasteiger partial charge in [-0.15, -0.1) is 0 Å². The van der Waals surface area contributed by atoms with Crippen LogP contribution in [-0.4, -0.2) is 31.4 Å². The Hall–Kier alpha value is -2.24. The van der Waals surface area contributed by atoms with Crippen LogP contribution >= 0.6 is 23.2 Å². The number of carbonyl (C=O) groups is 2. The Morgan fingerprint density at radius 2 is 1.72 bits per heavy atom. The van der Waals surface area contributed by atoms with E-state index in [1.807, 2.05) is 12.1 Å². The summed E-state index contributed by atoms with van der Waals surface area (Å²) in [5.41, 5.74) is 2.41. The highest BCUT2D eigenvalue weighted by Crippen LogP contribution is 2.32. The molecule has 2 aliphatic rings. The summed E-state index contributed by atoms with van der Waals surface area (Å²) in [6.07, 6.45) is 3.80. The van der Waals surface area contributed by atoms with Crippen LogP contribution in [0.1, 0.15) is 25.7 Å². The van der Waals surface area contributed by atoms with Crippen molar-refractivity contribution in [3.63, 3.8) is 0 Å². The number of amides is 2. The zero-order chi connectivity index (χ0) is 20.4. The first-order valence-electron chi connectivity index (χ1n) is 9.92. The second-order valence-corrected chi connectivity index (χ2v) is 8.43. The Morgan fingerprint density at radius 1 is 1.00 bits per heavy atom. The fraction of sp³-hybridized carbons (Fsp3) is 0.364. The van der Waals surface area contributed by atoms with Crippen LogP contribution < -0.4 is 15.1 Å². The molecule has 2 aliphatic heterocycles. The molecule has 2 fully saturated rings. The largest absolute Gasteiger partial charge is 0.370 e. The van der Waals surface area contributed by atoms with Crippen molar-refractivity contribution in [1.82, 2.24) is 0 Å². The Bertz CT molecular complexity index is 911. The summed E-state index contributed by atoms with van der Waals surface area (Å²) in [5.74, 6) is -0.638. The topological polar surface area (TPSA) is 52.7 Å². The van der Waals surface area contributed by atoms with Gasteiger partial charge in [-0.3, -0.25) is 9.59 Å². The third-order valence-corrected chi connectivity index (χ3v) is 6.10. The number of carbonyl (C=O) groups excluding carboxylic acids is 2. The van der Waals surface area contributed by atoms with Gasteiger partial charge in [-0.2, -0.15) is 0 Å². The predicted octanol–water partition coefficient (Wildman–Crippen LogP) is 4.98. The Morgan fingerprint density at radius 3 is 2.41 bits per heavy atom. The highest BCUT2D eigenvalue weighted by atomic mass is 35.5. The lowest BCUT2D eigenvalue weighted by atomic mass is 10.1. The number of hydrogen-bond acceptors (Lipinski definition) is 3. The first-order valence-corrected chi connectivity index (χ1v) is 10.7. The standard InChI is InChI=1S/C22H23Cl2N3O2/c23-16-4-7-18(8-5-16)27-14-15(12-21(27)28)22(29)25-17-6-9-20(19(24)13-17)26-10-2-1-3-11-26/h4-9,13,15H,1-3,10-12,14H2,(H,25,29). The molecule has 0 saturated carbocycles. The van der Waals surface area contributed by atoms with Crippen LogP contribution in [0.15, 0.2) is 42.5 Å². The maximum Gasteiger partial charge on any atom is 0.229 e. The second kappa shape index (κ2) is 8.64. The molecule has 4 rings (SSSR count). The number of anilines is 3. The molecule has 29 heavy (non-hydrogen) atoms. The number of halogens is 2. The molecule has 0 bridgehead atoms. The molecule has 0 spiro atoms. The molecule has 1 N–H and O–H groups in total.